The van der Waals surface area contributed by atoms with Crippen molar-refractivity contribution in [1.82, 2.24) is 14.7 Å². The predicted octanol–water partition coefficient (Wildman–Crippen LogP) is 1.29. The van der Waals surface area contributed by atoms with Crippen molar-refractivity contribution in [3.05, 3.63) is 11.3 Å². The number of nitrogens with zero attached hydrogens (tertiary/aromatic N) is 4. The van der Waals surface area contributed by atoms with Gasteiger partial charge in [-0.2, -0.15) is 5.10 Å². The van der Waals surface area contributed by atoms with Gasteiger partial charge in [-0.25, -0.2) is 9.67 Å². The quantitative estimate of drug-likeness (QED) is 0.666. The molecule has 0 atom stereocenters. The number of aliphatic imine (C=N–C) groups is 1. The minimum Gasteiger partial charge on any atom is -0.481 e. The third-order valence-electron chi connectivity index (χ3n) is 3.78. The molecule has 1 aromatic heterocycles. The molecule has 0 amide bonds. The number of piperidine rings is 1. The fourth-order valence-electron chi connectivity index (χ4n) is 2.69. The molecule has 1 fully saturated rings. The van der Waals surface area contributed by atoms with Crippen LogP contribution in [0.2, 0.25) is 0 Å². The molecule has 0 aliphatic carbocycles. The van der Waals surface area contributed by atoms with Crippen molar-refractivity contribution in [2.24, 2.45) is 17.8 Å². The monoisotopic (exact) mass is 279 g/mol. The minimum atomic E-state index is 0.530. The summed E-state index contributed by atoms with van der Waals surface area (Å²) in [5.41, 5.74) is 8.16. The van der Waals surface area contributed by atoms with E-state index in [1.165, 1.54) is 19.3 Å². The van der Waals surface area contributed by atoms with Crippen molar-refractivity contribution < 1.29 is 4.74 Å². The number of likely N-dealkylation sites (tertiary alicyclic amines) is 1. The Labute approximate surface area is 120 Å². The number of aryl methyl sites for hydroxylation is 2. The lowest BCUT2D eigenvalue weighted by Crippen LogP contribution is -2.40. The Bertz CT molecular complexity index is 474. The zero-order chi connectivity index (χ0) is 14.5. The number of rotatable bonds is 4. The SMILES string of the molecule is CCc1nn(C)c(OC)c1CN=C(N)N1CCCCC1. The number of hydrogen-bond donors (Lipinski definition) is 1. The van der Waals surface area contributed by atoms with Crippen LogP contribution in [0.15, 0.2) is 4.99 Å². The van der Waals surface area contributed by atoms with E-state index in [1.807, 2.05) is 7.05 Å². The van der Waals surface area contributed by atoms with E-state index in [0.29, 0.717) is 12.5 Å². The molecule has 1 aliphatic rings. The molecule has 0 bridgehead atoms. The second-order valence-corrected chi connectivity index (χ2v) is 5.13. The number of ether oxygens (including phenoxy) is 1. The van der Waals surface area contributed by atoms with Gasteiger partial charge in [-0.3, -0.25) is 0 Å². The molecule has 0 spiro atoms. The molecule has 0 aromatic carbocycles. The lowest BCUT2D eigenvalue weighted by atomic mass is 10.1. The van der Waals surface area contributed by atoms with Crippen LogP contribution < -0.4 is 10.5 Å². The highest BCUT2D eigenvalue weighted by molar-refractivity contribution is 5.78. The van der Waals surface area contributed by atoms with Crippen LogP contribution in [-0.2, 0) is 20.0 Å². The summed E-state index contributed by atoms with van der Waals surface area (Å²) in [6, 6.07) is 0. The molecule has 2 rings (SSSR count). The van der Waals surface area contributed by atoms with Gasteiger partial charge in [-0.05, 0) is 25.7 Å². The Morgan fingerprint density at radius 2 is 2.05 bits per heavy atom. The second-order valence-electron chi connectivity index (χ2n) is 5.13. The van der Waals surface area contributed by atoms with Crippen molar-refractivity contribution in [3.8, 4) is 5.88 Å². The highest BCUT2D eigenvalue weighted by atomic mass is 16.5. The number of aromatic nitrogens is 2. The molecule has 0 radical (unpaired) electrons. The van der Waals surface area contributed by atoms with Crippen LogP contribution in [0.5, 0.6) is 5.88 Å². The molecule has 6 nitrogen and oxygen atoms in total. The summed E-state index contributed by atoms with van der Waals surface area (Å²) >= 11 is 0. The molecule has 0 saturated carbocycles. The van der Waals surface area contributed by atoms with Gasteiger partial charge < -0.3 is 15.4 Å². The molecular formula is C14H25N5O. The van der Waals surface area contributed by atoms with E-state index in [0.717, 1.165) is 36.6 Å². The Hall–Kier alpha value is -1.72. The zero-order valence-corrected chi connectivity index (χ0v) is 12.7. The summed E-state index contributed by atoms with van der Waals surface area (Å²) in [7, 11) is 3.55. The van der Waals surface area contributed by atoms with Gasteiger partial charge in [0.05, 0.1) is 24.9 Å². The van der Waals surface area contributed by atoms with E-state index in [2.05, 4.69) is 21.9 Å². The average Bonchev–Trinajstić information content (AvgIpc) is 2.80. The van der Waals surface area contributed by atoms with E-state index in [1.54, 1.807) is 11.8 Å². The molecule has 1 aliphatic heterocycles. The predicted molar refractivity (Wildman–Crippen MR) is 79.9 cm³/mol. The molecule has 0 unspecified atom stereocenters. The third-order valence-corrected chi connectivity index (χ3v) is 3.78. The maximum atomic E-state index is 6.09. The molecule has 20 heavy (non-hydrogen) atoms. The summed E-state index contributed by atoms with van der Waals surface area (Å²) in [6.07, 6.45) is 4.56. The smallest absolute Gasteiger partial charge is 0.216 e. The molecule has 2 N–H and O–H groups in total. The van der Waals surface area contributed by atoms with Crippen molar-refractivity contribution in [2.75, 3.05) is 20.2 Å². The summed E-state index contributed by atoms with van der Waals surface area (Å²) in [4.78, 5) is 6.70. The van der Waals surface area contributed by atoms with Crippen molar-refractivity contribution >= 4 is 5.96 Å². The number of hydrogen-bond acceptors (Lipinski definition) is 3. The van der Waals surface area contributed by atoms with Crippen LogP contribution in [0.4, 0.5) is 0 Å². The molecule has 1 aromatic rings. The topological polar surface area (TPSA) is 68.7 Å². The lowest BCUT2D eigenvalue weighted by molar-refractivity contribution is 0.337. The standard InChI is InChI=1S/C14H25N5O/c1-4-12-11(13(20-3)18(2)17-12)10-16-14(15)19-8-6-5-7-9-19/h4-10H2,1-3H3,(H2,15,16). The van der Waals surface area contributed by atoms with Crippen molar-refractivity contribution in [3.63, 3.8) is 0 Å². The first-order chi connectivity index (χ1) is 9.67. The van der Waals surface area contributed by atoms with E-state index in [-0.39, 0.29) is 0 Å². The summed E-state index contributed by atoms with van der Waals surface area (Å²) in [5, 5.41) is 4.46. The summed E-state index contributed by atoms with van der Waals surface area (Å²) in [5.74, 6) is 1.41. The number of methoxy groups -OCH3 is 1. The first-order valence-electron chi connectivity index (χ1n) is 7.31. The van der Waals surface area contributed by atoms with E-state index >= 15 is 0 Å². The van der Waals surface area contributed by atoms with Crippen LogP contribution in [-0.4, -0.2) is 40.8 Å². The Kier molecular flexibility index (Phi) is 4.87. The Morgan fingerprint density at radius 3 is 2.65 bits per heavy atom. The molecule has 112 valence electrons. The van der Waals surface area contributed by atoms with Gasteiger partial charge >= 0.3 is 0 Å². The van der Waals surface area contributed by atoms with Gasteiger partial charge in [0, 0.05) is 20.1 Å². The van der Waals surface area contributed by atoms with E-state index in [9.17, 15) is 0 Å². The lowest BCUT2D eigenvalue weighted by Gasteiger charge is -2.27. The fraction of sp³-hybridized carbons (Fsp3) is 0.714. The van der Waals surface area contributed by atoms with E-state index in [4.69, 9.17) is 10.5 Å². The first kappa shape index (κ1) is 14.7. The van der Waals surface area contributed by atoms with E-state index < -0.39 is 0 Å². The highest BCUT2D eigenvalue weighted by Crippen LogP contribution is 2.23. The van der Waals surface area contributed by atoms with Gasteiger partial charge in [0.25, 0.3) is 0 Å². The Balaban J connectivity index is 2.12. The molecule has 6 heteroatoms. The number of nitrogens with two attached hydrogens (primary N) is 1. The van der Waals surface area contributed by atoms with Crippen molar-refractivity contribution in [2.45, 2.75) is 39.2 Å². The van der Waals surface area contributed by atoms with Gasteiger partial charge in [0.15, 0.2) is 5.96 Å². The summed E-state index contributed by atoms with van der Waals surface area (Å²) < 4.78 is 7.18. The summed E-state index contributed by atoms with van der Waals surface area (Å²) in [6.45, 7) is 4.64. The highest BCUT2D eigenvalue weighted by Gasteiger charge is 2.16. The molecule has 1 saturated heterocycles. The van der Waals surface area contributed by atoms with Crippen LogP contribution in [0.3, 0.4) is 0 Å². The van der Waals surface area contributed by atoms with Crippen LogP contribution in [0, 0.1) is 0 Å². The van der Waals surface area contributed by atoms with Gasteiger partial charge in [0.1, 0.15) is 0 Å². The third kappa shape index (κ3) is 3.05. The second kappa shape index (κ2) is 6.63. The van der Waals surface area contributed by atoms with Gasteiger partial charge in [-0.1, -0.05) is 6.92 Å². The van der Waals surface area contributed by atoms with Gasteiger partial charge in [-0.15, -0.1) is 0 Å². The van der Waals surface area contributed by atoms with Crippen molar-refractivity contribution in [1.29, 1.82) is 0 Å². The average molecular weight is 279 g/mol. The first-order valence-corrected chi connectivity index (χ1v) is 7.31. The maximum absolute atomic E-state index is 6.09. The minimum absolute atomic E-state index is 0.530. The van der Waals surface area contributed by atoms with Crippen LogP contribution in [0.1, 0.15) is 37.4 Å². The zero-order valence-electron chi connectivity index (χ0n) is 12.7. The van der Waals surface area contributed by atoms with Crippen LogP contribution in [0.25, 0.3) is 0 Å². The Morgan fingerprint density at radius 1 is 1.35 bits per heavy atom. The molecule has 2 heterocycles. The maximum Gasteiger partial charge on any atom is 0.216 e. The fourth-order valence-corrected chi connectivity index (χ4v) is 2.69. The normalized spacial score (nSPS) is 16.6. The van der Waals surface area contributed by atoms with Crippen LogP contribution >= 0.6 is 0 Å². The number of guanidine groups is 1. The largest absolute Gasteiger partial charge is 0.481 e. The molecular weight excluding hydrogens is 254 g/mol. The van der Waals surface area contributed by atoms with Gasteiger partial charge in [0.2, 0.25) is 5.88 Å².